The summed E-state index contributed by atoms with van der Waals surface area (Å²) in [5.74, 6) is -0.872. The van der Waals surface area contributed by atoms with Crippen molar-refractivity contribution in [3.63, 3.8) is 0 Å². The molecule has 0 heterocycles. The van der Waals surface area contributed by atoms with Crippen LogP contribution in [0.25, 0.3) is 0 Å². The lowest BCUT2D eigenvalue weighted by Crippen LogP contribution is -2.40. The monoisotopic (exact) mass is 147 g/mol. The second-order valence-electron chi connectivity index (χ2n) is 1.90. The van der Waals surface area contributed by atoms with Gasteiger partial charge in [-0.25, -0.2) is 0 Å². The van der Waals surface area contributed by atoms with E-state index in [1.165, 1.54) is 7.11 Å². The van der Waals surface area contributed by atoms with E-state index < -0.39 is 12.0 Å². The third-order valence-corrected chi connectivity index (χ3v) is 1.08. The van der Waals surface area contributed by atoms with E-state index >= 15 is 0 Å². The van der Waals surface area contributed by atoms with Gasteiger partial charge >= 0.3 is 5.97 Å². The molecule has 4 nitrogen and oxygen atoms in total. The van der Waals surface area contributed by atoms with E-state index in [-0.39, 0.29) is 6.61 Å². The van der Waals surface area contributed by atoms with E-state index in [0.29, 0.717) is 6.54 Å². The quantitative estimate of drug-likeness (QED) is 0.560. The van der Waals surface area contributed by atoms with Gasteiger partial charge in [-0.3, -0.25) is 4.79 Å². The van der Waals surface area contributed by atoms with Gasteiger partial charge in [-0.05, 0) is 6.54 Å². The molecule has 0 aromatic heterocycles. The maximum absolute atomic E-state index is 10.3. The number of ether oxygens (including phenoxy) is 1. The molecule has 0 rings (SSSR count). The second-order valence-corrected chi connectivity index (χ2v) is 1.90. The Morgan fingerprint density at radius 2 is 2.40 bits per heavy atom. The molecule has 0 unspecified atom stereocenters. The number of hydrogen-bond donors (Lipinski definition) is 2. The molecule has 0 saturated heterocycles. The summed E-state index contributed by atoms with van der Waals surface area (Å²) < 4.78 is 4.67. The first-order valence-electron chi connectivity index (χ1n) is 3.17. The zero-order valence-electron chi connectivity index (χ0n) is 6.26. The molecule has 0 aromatic rings. The van der Waals surface area contributed by atoms with E-state index in [1.54, 1.807) is 0 Å². The molecule has 0 aliphatic heterocycles. The Morgan fingerprint density at radius 1 is 1.80 bits per heavy atom. The first kappa shape index (κ1) is 9.39. The Kier molecular flexibility index (Phi) is 4.88. The lowest BCUT2D eigenvalue weighted by Gasteiger charge is -2.10. The van der Waals surface area contributed by atoms with Crippen molar-refractivity contribution in [1.29, 1.82) is 0 Å². The van der Waals surface area contributed by atoms with Crippen molar-refractivity contribution in [2.45, 2.75) is 13.0 Å². The molecular formula is C6H13NO3. The molecule has 4 heteroatoms. The van der Waals surface area contributed by atoms with Gasteiger partial charge in [0.15, 0.2) is 0 Å². The van der Waals surface area contributed by atoms with Crippen molar-refractivity contribution in [1.82, 2.24) is 5.32 Å². The number of aliphatic carboxylic acids is 1. The standard InChI is InChI=1S/C6H13NO3/c1-3-7-5(4-10-2)6(8)9/h5,7H,3-4H2,1-2H3,(H,8,9)/t5-/m1/s1. The number of carbonyl (C=O) groups is 1. The lowest BCUT2D eigenvalue weighted by molar-refractivity contribution is -0.140. The molecule has 2 N–H and O–H groups in total. The Morgan fingerprint density at radius 3 is 2.70 bits per heavy atom. The highest BCUT2D eigenvalue weighted by molar-refractivity contribution is 5.73. The Hall–Kier alpha value is -0.610. The maximum Gasteiger partial charge on any atom is 0.323 e. The van der Waals surface area contributed by atoms with Crippen molar-refractivity contribution >= 4 is 5.97 Å². The molecule has 0 aromatic carbocycles. The van der Waals surface area contributed by atoms with Gasteiger partial charge < -0.3 is 15.2 Å². The van der Waals surface area contributed by atoms with E-state index in [0.717, 1.165) is 0 Å². The normalized spacial score (nSPS) is 13.0. The average Bonchev–Trinajstić information content (AvgIpc) is 1.87. The first-order chi connectivity index (χ1) is 4.72. The van der Waals surface area contributed by atoms with Crippen LogP contribution >= 0.6 is 0 Å². The SMILES string of the molecule is CCN[C@H](COC)C(=O)O. The molecule has 0 bridgehead atoms. The van der Waals surface area contributed by atoms with E-state index in [1.807, 2.05) is 6.92 Å². The van der Waals surface area contributed by atoms with Crippen molar-refractivity contribution in [2.75, 3.05) is 20.3 Å². The van der Waals surface area contributed by atoms with Crippen LogP contribution in [0.15, 0.2) is 0 Å². The van der Waals surface area contributed by atoms with Gasteiger partial charge in [0.1, 0.15) is 6.04 Å². The number of methoxy groups -OCH3 is 1. The molecule has 0 amide bonds. The average molecular weight is 147 g/mol. The highest BCUT2D eigenvalue weighted by atomic mass is 16.5. The van der Waals surface area contributed by atoms with Crippen molar-refractivity contribution in [3.05, 3.63) is 0 Å². The molecule has 0 aliphatic rings. The first-order valence-corrected chi connectivity index (χ1v) is 3.17. The summed E-state index contributed by atoms with van der Waals surface area (Å²) in [4.78, 5) is 10.3. The molecule has 0 saturated carbocycles. The molecule has 0 radical (unpaired) electrons. The van der Waals surface area contributed by atoms with Gasteiger partial charge in [-0.1, -0.05) is 6.92 Å². The Labute approximate surface area is 60.2 Å². The van der Waals surface area contributed by atoms with Crippen LogP contribution in [0.1, 0.15) is 6.92 Å². The highest BCUT2D eigenvalue weighted by Gasteiger charge is 2.14. The highest BCUT2D eigenvalue weighted by Crippen LogP contribution is 1.83. The van der Waals surface area contributed by atoms with Crippen LogP contribution in [-0.4, -0.2) is 37.4 Å². The number of likely N-dealkylation sites (N-methyl/N-ethyl adjacent to an activating group) is 1. The third kappa shape index (κ3) is 3.42. The summed E-state index contributed by atoms with van der Waals surface area (Å²) in [5, 5.41) is 11.3. The van der Waals surface area contributed by atoms with Crippen LogP contribution in [0, 0.1) is 0 Å². The van der Waals surface area contributed by atoms with Gasteiger partial charge in [0.2, 0.25) is 0 Å². The molecule has 60 valence electrons. The molecular weight excluding hydrogens is 134 g/mol. The van der Waals surface area contributed by atoms with Crippen LogP contribution in [0.3, 0.4) is 0 Å². The molecule has 1 atom stereocenters. The van der Waals surface area contributed by atoms with E-state index in [9.17, 15) is 4.79 Å². The van der Waals surface area contributed by atoms with Crippen molar-refractivity contribution in [2.24, 2.45) is 0 Å². The van der Waals surface area contributed by atoms with Gasteiger partial charge in [0, 0.05) is 7.11 Å². The minimum Gasteiger partial charge on any atom is -0.480 e. The number of hydrogen-bond acceptors (Lipinski definition) is 3. The predicted molar refractivity (Wildman–Crippen MR) is 37.0 cm³/mol. The summed E-state index contributed by atoms with van der Waals surface area (Å²) in [5.41, 5.74) is 0. The fraction of sp³-hybridized carbons (Fsp3) is 0.833. The van der Waals surface area contributed by atoms with Gasteiger partial charge in [-0.15, -0.1) is 0 Å². The van der Waals surface area contributed by atoms with Crippen molar-refractivity contribution in [3.8, 4) is 0 Å². The van der Waals surface area contributed by atoms with Gasteiger partial charge in [0.25, 0.3) is 0 Å². The Balaban J connectivity index is 3.61. The molecule has 10 heavy (non-hydrogen) atoms. The summed E-state index contributed by atoms with van der Waals surface area (Å²) in [6.07, 6.45) is 0. The largest absolute Gasteiger partial charge is 0.480 e. The maximum atomic E-state index is 10.3. The molecule has 0 fully saturated rings. The second kappa shape index (κ2) is 5.20. The minimum absolute atomic E-state index is 0.211. The number of carboxylic acids is 1. The predicted octanol–water partition coefficient (Wildman–Crippen LogP) is -0.305. The lowest BCUT2D eigenvalue weighted by atomic mass is 10.3. The topological polar surface area (TPSA) is 58.6 Å². The zero-order valence-corrected chi connectivity index (χ0v) is 6.26. The summed E-state index contributed by atoms with van der Waals surface area (Å²) in [7, 11) is 1.48. The van der Waals surface area contributed by atoms with E-state index in [2.05, 4.69) is 10.1 Å². The molecule has 0 spiro atoms. The minimum atomic E-state index is -0.872. The van der Waals surface area contributed by atoms with Crippen molar-refractivity contribution < 1.29 is 14.6 Å². The summed E-state index contributed by atoms with van der Waals surface area (Å²) >= 11 is 0. The summed E-state index contributed by atoms with van der Waals surface area (Å²) in [6, 6.07) is -0.574. The number of nitrogens with one attached hydrogen (secondary N) is 1. The fourth-order valence-electron chi connectivity index (χ4n) is 0.631. The fourth-order valence-corrected chi connectivity index (χ4v) is 0.631. The molecule has 0 aliphatic carbocycles. The van der Waals surface area contributed by atoms with Gasteiger partial charge in [-0.2, -0.15) is 0 Å². The third-order valence-electron chi connectivity index (χ3n) is 1.08. The number of rotatable bonds is 5. The Bertz CT molecular complexity index is 99.2. The van der Waals surface area contributed by atoms with E-state index in [4.69, 9.17) is 5.11 Å². The zero-order chi connectivity index (χ0) is 7.98. The van der Waals surface area contributed by atoms with Crippen LogP contribution < -0.4 is 5.32 Å². The van der Waals surface area contributed by atoms with Crippen LogP contribution in [0.5, 0.6) is 0 Å². The van der Waals surface area contributed by atoms with Gasteiger partial charge in [0.05, 0.1) is 6.61 Å². The van der Waals surface area contributed by atoms with Crippen LogP contribution in [0.2, 0.25) is 0 Å². The summed E-state index contributed by atoms with van der Waals surface area (Å²) in [6.45, 7) is 2.70. The van der Waals surface area contributed by atoms with Crippen LogP contribution in [0.4, 0.5) is 0 Å². The smallest absolute Gasteiger partial charge is 0.323 e. The van der Waals surface area contributed by atoms with Crippen LogP contribution in [-0.2, 0) is 9.53 Å². The number of carboxylic acid groups (broad SMARTS) is 1.